The maximum Gasteiger partial charge on any atom is 0.255 e. The number of amides is 1. The second kappa shape index (κ2) is 5.38. The average Bonchev–Trinajstić information content (AvgIpc) is 3.26. The van der Waals surface area contributed by atoms with Crippen molar-refractivity contribution in [2.45, 2.75) is 0 Å². The Morgan fingerprint density at radius 1 is 1.09 bits per heavy atom. The first-order chi connectivity index (χ1) is 11.3. The van der Waals surface area contributed by atoms with Crippen LogP contribution >= 0.6 is 0 Å². The van der Waals surface area contributed by atoms with Gasteiger partial charge in [0.1, 0.15) is 0 Å². The molecule has 0 atom stereocenters. The summed E-state index contributed by atoms with van der Waals surface area (Å²) in [6.07, 6.45) is 1.85. The molecule has 4 aromatic rings. The summed E-state index contributed by atoms with van der Waals surface area (Å²) < 4.78 is 0. The first-order valence-corrected chi connectivity index (χ1v) is 7.02. The Kier molecular flexibility index (Phi) is 3.09. The number of nitrogens with one attached hydrogen (secondary N) is 3. The fourth-order valence-electron chi connectivity index (χ4n) is 2.42. The molecule has 4 rings (SSSR count). The van der Waals surface area contributed by atoms with E-state index in [1.807, 2.05) is 42.6 Å². The zero-order chi connectivity index (χ0) is 15.6. The summed E-state index contributed by atoms with van der Waals surface area (Å²) in [5.41, 5.74) is 3.05. The van der Waals surface area contributed by atoms with E-state index in [0.29, 0.717) is 17.1 Å². The SMILES string of the molecule is O=C(Nc1cccc(-c2nn[nH]n2)c1)c1ccc2[nH]ccc2c1. The smallest absolute Gasteiger partial charge is 0.255 e. The van der Waals surface area contributed by atoms with Gasteiger partial charge in [0, 0.05) is 33.9 Å². The van der Waals surface area contributed by atoms with E-state index in [-0.39, 0.29) is 5.91 Å². The van der Waals surface area contributed by atoms with E-state index < -0.39 is 0 Å². The number of tetrazole rings is 1. The van der Waals surface area contributed by atoms with Gasteiger partial charge >= 0.3 is 0 Å². The molecule has 0 bridgehead atoms. The van der Waals surface area contributed by atoms with Gasteiger partial charge in [-0.1, -0.05) is 12.1 Å². The Morgan fingerprint density at radius 3 is 2.91 bits per heavy atom. The summed E-state index contributed by atoms with van der Waals surface area (Å²) in [7, 11) is 0. The fourth-order valence-corrected chi connectivity index (χ4v) is 2.42. The fraction of sp³-hybridized carbons (Fsp3) is 0. The molecule has 0 spiro atoms. The van der Waals surface area contributed by atoms with Gasteiger partial charge in [-0.15, -0.1) is 10.2 Å². The topological polar surface area (TPSA) is 99.3 Å². The van der Waals surface area contributed by atoms with Gasteiger partial charge in [0.15, 0.2) is 0 Å². The van der Waals surface area contributed by atoms with Crippen LogP contribution in [0.4, 0.5) is 5.69 Å². The third kappa shape index (κ3) is 2.55. The van der Waals surface area contributed by atoms with Gasteiger partial charge in [0.25, 0.3) is 5.91 Å². The molecule has 7 heteroatoms. The molecular weight excluding hydrogens is 292 g/mol. The first kappa shape index (κ1) is 13.2. The van der Waals surface area contributed by atoms with E-state index in [9.17, 15) is 4.79 Å². The van der Waals surface area contributed by atoms with Crippen molar-refractivity contribution in [2.24, 2.45) is 0 Å². The number of benzene rings is 2. The molecule has 23 heavy (non-hydrogen) atoms. The van der Waals surface area contributed by atoms with Crippen LogP contribution in [0.2, 0.25) is 0 Å². The van der Waals surface area contributed by atoms with Crippen molar-refractivity contribution in [3.05, 3.63) is 60.3 Å². The summed E-state index contributed by atoms with van der Waals surface area (Å²) >= 11 is 0. The molecule has 112 valence electrons. The molecule has 1 amide bonds. The van der Waals surface area contributed by atoms with Crippen molar-refractivity contribution < 1.29 is 4.79 Å². The molecule has 0 unspecified atom stereocenters. The summed E-state index contributed by atoms with van der Waals surface area (Å²) in [5.74, 6) is 0.313. The van der Waals surface area contributed by atoms with Crippen molar-refractivity contribution in [1.29, 1.82) is 0 Å². The second-order valence-electron chi connectivity index (χ2n) is 5.05. The number of carbonyl (C=O) groups is 1. The van der Waals surface area contributed by atoms with Crippen molar-refractivity contribution in [3.8, 4) is 11.4 Å². The predicted octanol–water partition coefficient (Wildman–Crippen LogP) is 2.60. The van der Waals surface area contributed by atoms with Crippen molar-refractivity contribution in [1.82, 2.24) is 25.6 Å². The van der Waals surface area contributed by atoms with Gasteiger partial charge in [-0.2, -0.15) is 5.21 Å². The van der Waals surface area contributed by atoms with Gasteiger partial charge in [0.2, 0.25) is 5.82 Å². The Labute approximate surface area is 130 Å². The minimum absolute atomic E-state index is 0.168. The van der Waals surface area contributed by atoms with Gasteiger partial charge in [-0.3, -0.25) is 4.79 Å². The summed E-state index contributed by atoms with van der Waals surface area (Å²) in [6, 6.07) is 14.8. The Balaban J connectivity index is 1.59. The van der Waals surface area contributed by atoms with Crippen LogP contribution < -0.4 is 5.32 Å². The number of fused-ring (bicyclic) bond motifs is 1. The molecular formula is C16H12N6O. The predicted molar refractivity (Wildman–Crippen MR) is 85.9 cm³/mol. The molecule has 0 aliphatic rings. The number of carbonyl (C=O) groups excluding carboxylic acids is 1. The summed E-state index contributed by atoms with van der Waals surface area (Å²) in [4.78, 5) is 15.5. The number of H-pyrrole nitrogens is 2. The number of hydrogen-bond acceptors (Lipinski definition) is 4. The highest BCUT2D eigenvalue weighted by molar-refractivity contribution is 6.06. The van der Waals surface area contributed by atoms with E-state index in [1.54, 1.807) is 12.1 Å². The lowest BCUT2D eigenvalue weighted by Gasteiger charge is -2.06. The normalized spacial score (nSPS) is 10.8. The zero-order valence-electron chi connectivity index (χ0n) is 11.9. The van der Waals surface area contributed by atoms with Gasteiger partial charge in [0.05, 0.1) is 0 Å². The second-order valence-corrected chi connectivity index (χ2v) is 5.05. The minimum atomic E-state index is -0.168. The number of aromatic nitrogens is 5. The van der Waals surface area contributed by atoms with Gasteiger partial charge in [-0.25, -0.2) is 0 Å². The summed E-state index contributed by atoms with van der Waals surface area (Å²) in [5, 5.41) is 17.7. The Morgan fingerprint density at radius 2 is 2.04 bits per heavy atom. The van der Waals surface area contributed by atoms with Crippen LogP contribution in [0, 0.1) is 0 Å². The van der Waals surface area contributed by atoms with Crippen LogP contribution in [0.15, 0.2) is 54.7 Å². The van der Waals surface area contributed by atoms with E-state index in [2.05, 4.69) is 30.9 Å². The van der Waals surface area contributed by atoms with E-state index in [4.69, 9.17) is 0 Å². The van der Waals surface area contributed by atoms with Crippen molar-refractivity contribution in [2.75, 3.05) is 5.32 Å². The highest BCUT2D eigenvalue weighted by atomic mass is 16.1. The van der Waals surface area contributed by atoms with Crippen LogP contribution in [0.1, 0.15) is 10.4 Å². The number of anilines is 1. The van der Waals surface area contributed by atoms with Crippen molar-refractivity contribution in [3.63, 3.8) is 0 Å². The molecule has 0 aliphatic carbocycles. The molecule has 2 aromatic heterocycles. The quantitative estimate of drug-likeness (QED) is 0.541. The Bertz CT molecular complexity index is 973. The summed E-state index contributed by atoms with van der Waals surface area (Å²) in [6.45, 7) is 0. The third-order valence-corrected chi connectivity index (χ3v) is 3.54. The van der Waals surface area contributed by atoms with E-state index >= 15 is 0 Å². The van der Waals surface area contributed by atoms with E-state index in [0.717, 1.165) is 16.5 Å². The zero-order valence-corrected chi connectivity index (χ0v) is 11.9. The van der Waals surface area contributed by atoms with Gasteiger partial charge < -0.3 is 10.3 Å². The largest absolute Gasteiger partial charge is 0.361 e. The number of nitrogens with zero attached hydrogens (tertiary/aromatic N) is 3. The maximum atomic E-state index is 12.4. The standard InChI is InChI=1S/C16H12N6O/c23-16(12-4-5-14-10(8-12)6-7-17-14)18-13-3-1-2-11(9-13)15-19-21-22-20-15/h1-9,17H,(H,18,23)(H,19,20,21,22). The molecule has 0 fully saturated rings. The maximum absolute atomic E-state index is 12.4. The number of rotatable bonds is 3. The molecule has 2 heterocycles. The lowest BCUT2D eigenvalue weighted by atomic mass is 10.1. The van der Waals surface area contributed by atoms with Crippen LogP contribution in [0.3, 0.4) is 0 Å². The molecule has 7 nitrogen and oxygen atoms in total. The first-order valence-electron chi connectivity index (χ1n) is 7.02. The molecule has 0 saturated carbocycles. The van der Waals surface area contributed by atoms with Crippen LogP contribution in [-0.4, -0.2) is 31.5 Å². The molecule has 0 saturated heterocycles. The monoisotopic (exact) mass is 304 g/mol. The minimum Gasteiger partial charge on any atom is -0.361 e. The van der Waals surface area contributed by atoms with Gasteiger partial charge in [-0.05, 0) is 41.6 Å². The number of aromatic amines is 2. The van der Waals surface area contributed by atoms with E-state index in [1.165, 1.54) is 0 Å². The third-order valence-electron chi connectivity index (χ3n) is 3.54. The molecule has 2 aromatic carbocycles. The molecule has 0 aliphatic heterocycles. The van der Waals surface area contributed by atoms with Crippen molar-refractivity contribution >= 4 is 22.5 Å². The lowest BCUT2D eigenvalue weighted by molar-refractivity contribution is 0.102. The molecule has 0 radical (unpaired) electrons. The average molecular weight is 304 g/mol. The highest BCUT2D eigenvalue weighted by Gasteiger charge is 2.09. The number of hydrogen-bond donors (Lipinski definition) is 3. The van der Waals surface area contributed by atoms with Crippen LogP contribution in [-0.2, 0) is 0 Å². The molecule has 3 N–H and O–H groups in total. The highest BCUT2D eigenvalue weighted by Crippen LogP contribution is 2.20. The lowest BCUT2D eigenvalue weighted by Crippen LogP contribution is -2.11. The van der Waals surface area contributed by atoms with Crippen LogP contribution in [0.5, 0.6) is 0 Å². The Hall–Kier alpha value is -3.48. The van der Waals surface area contributed by atoms with Crippen LogP contribution in [0.25, 0.3) is 22.3 Å².